The Labute approximate surface area is 539 Å². The van der Waals surface area contributed by atoms with Crippen molar-refractivity contribution < 1.29 is 8.83 Å². The Hall–Kier alpha value is -12.4. The average molecular weight is 1190 g/mol. The lowest BCUT2D eigenvalue weighted by molar-refractivity contribution is 0.632. The summed E-state index contributed by atoms with van der Waals surface area (Å²) in [5, 5.41) is 2.08. The van der Waals surface area contributed by atoms with E-state index in [1.807, 2.05) is 36.9 Å². The van der Waals surface area contributed by atoms with E-state index in [-0.39, 0.29) is 0 Å². The second kappa shape index (κ2) is 23.2. The minimum atomic E-state index is -0.798. The molecule has 0 radical (unpaired) electrons. The van der Waals surface area contributed by atoms with E-state index in [4.69, 9.17) is 8.83 Å². The van der Waals surface area contributed by atoms with Crippen molar-refractivity contribution in [3.05, 3.63) is 375 Å². The van der Waals surface area contributed by atoms with Gasteiger partial charge in [0.2, 0.25) is 0 Å². The molecule has 0 unspecified atom stereocenters. The summed E-state index contributed by atoms with van der Waals surface area (Å²) in [6.45, 7) is 0. The molecule has 17 rings (SSSR count). The molecule has 0 saturated heterocycles. The first-order valence-corrected chi connectivity index (χ1v) is 31.5. The molecule has 12 aromatic carbocycles. The molecule has 6 nitrogen and oxygen atoms in total. The predicted molar refractivity (Wildman–Crippen MR) is 381 cm³/mol. The molecule has 4 aromatic heterocycles. The Kier molecular flexibility index (Phi) is 13.7. The van der Waals surface area contributed by atoms with Gasteiger partial charge in [-0.15, -0.1) is 0 Å². The number of benzene rings is 12. The van der Waals surface area contributed by atoms with Gasteiger partial charge in [-0.1, -0.05) is 218 Å². The van der Waals surface area contributed by atoms with Crippen LogP contribution in [0.3, 0.4) is 0 Å². The topological polar surface area (TPSA) is 58.5 Å². The number of aromatic nitrogens is 2. The van der Waals surface area contributed by atoms with Crippen LogP contribution in [-0.2, 0) is 5.41 Å². The van der Waals surface area contributed by atoms with E-state index >= 15 is 0 Å². The third kappa shape index (κ3) is 9.59. The largest absolute Gasteiger partial charge is 0.455 e. The highest BCUT2D eigenvalue weighted by atomic mass is 16.3. The Balaban J connectivity index is 0.871. The van der Waals surface area contributed by atoms with Gasteiger partial charge in [0, 0.05) is 104 Å². The van der Waals surface area contributed by atoms with Crippen LogP contribution >= 0.6 is 0 Å². The fourth-order valence-corrected chi connectivity index (χ4v) is 14.1. The van der Waals surface area contributed by atoms with Crippen molar-refractivity contribution in [2.75, 3.05) is 9.80 Å². The van der Waals surface area contributed by atoms with Gasteiger partial charge in [-0.3, -0.25) is 9.97 Å². The minimum absolute atomic E-state index is 0.795. The summed E-state index contributed by atoms with van der Waals surface area (Å²) in [7, 11) is 0. The Morgan fingerprint density at radius 2 is 0.548 bits per heavy atom. The van der Waals surface area contributed by atoms with E-state index in [1.54, 1.807) is 0 Å². The maximum atomic E-state index is 7.08. The lowest BCUT2D eigenvalue weighted by Gasteiger charge is -2.35. The molecular formula is C87H58N4O2. The molecular weight excluding hydrogens is 1130 g/mol. The molecule has 0 fully saturated rings. The molecule has 0 N–H and O–H groups in total. The fourth-order valence-electron chi connectivity index (χ4n) is 14.1. The fraction of sp³-hybridized carbons (Fsp3) is 0.0115. The molecule has 16 aromatic rings. The molecule has 1 aliphatic rings. The maximum Gasteiger partial charge on any atom is 0.143 e. The first-order valence-electron chi connectivity index (χ1n) is 31.5. The molecule has 438 valence electrons. The number of hydrogen-bond donors (Lipinski definition) is 0. The lowest BCUT2D eigenvalue weighted by atomic mass is 9.67. The molecule has 93 heavy (non-hydrogen) atoms. The number of nitrogens with zero attached hydrogens (tertiary/aromatic N) is 4. The molecule has 0 spiro atoms. The van der Waals surface area contributed by atoms with Gasteiger partial charge >= 0.3 is 0 Å². The van der Waals surface area contributed by atoms with Crippen LogP contribution < -0.4 is 9.80 Å². The monoisotopic (exact) mass is 1190 g/mol. The van der Waals surface area contributed by atoms with Crippen LogP contribution in [0.2, 0.25) is 0 Å². The summed E-state index contributed by atoms with van der Waals surface area (Å²) >= 11 is 0. The van der Waals surface area contributed by atoms with E-state index in [0.29, 0.717) is 0 Å². The van der Waals surface area contributed by atoms with Crippen molar-refractivity contribution >= 4 is 56.1 Å². The lowest BCUT2D eigenvalue weighted by Crippen LogP contribution is -2.29. The van der Waals surface area contributed by atoms with Gasteiger partial charge in [0.15, 0.2) is 0 Å². The molecule has 0 atom stereocenters. The predicted octanol–water partition coefficient (Wildman–Crippen LogP) is 23.3. The minimum Gasteiger partial charge on any atom is -0.455 e. The highest BCUT2D eigenvalue weighted by Crippen LogP contribution is 2.59. The number of rotatable bonds is 14. The van der Waals surface area contributed by atoms with Gasteiger partial charge in [0.1, 0.15) is 22.7 Å². The Morgan fingerprint density at radius 1 is 0.247 bits per heavy atom. The number of anilines is 6. The molecule has 0 saturated carbocycles. The molecule has 6 heteroatoms. The highest BCUT2D eigenvalue weighted by Gasteiger charge is 2.47. The standard InChI is InChI=1S/C87H58N4O2/c1-7-19-63(20-8-1)83-77-45-41-73(57-81(77)92-85(83)65-23-11-3-12-24-65)90(69-35-31-59(32-36-69)61-47-51-88-52-48-61)71-39-43-75-76-44-40-72(56-80(76)87(79(75)55-71,67-27-15-5-16-28-67)68-29-17-6-18-30-68)91(70-37-33-60(34-38-70)62-49-53-89-54-50-62)74-42-46-78-82(58-74)93-86(66-25-13-4-14-26-66)84(78)64-21-9-2-10-22-64/h1-58H. The average Bonchev–Trinajstić information content (AvgIpc) is 1.54. The summed E-state index contributed by atoms with van der Waals surface area (Å²) < 4.78 is 14.2. The molecule has 0 amide bonds. The van der Waals surface area contributed by atoms with Gasteiger partial charge in [0.05, 0.1) is 5.41 Å². The molecule has 1 aliphatic carbocycles. The summed E-state index contributed by atoms with van der Waals surface area (Å²) in [6, 6.07) is 118. The van der Waals surface area contributed by atoms with Crippen LogP contribution in [0, 0.1) is 0 Å². The second-order valence-electron chi connectivity index (χ2n) is 23.6. The first kappa shape index (κ1) is 54.7. The molecule has 4 heterocycles. The van der Waals surface area contributed by atoms with Crippen LogP contribution in [0.1, 0.15) is 22.3 Å². The number of pyridine rings is 2. The van der Waals surface area contributed by atoms with Crippen LogP contribution in [-0.4, -0.2) is 9.97 Å². The molecule has 0 bridgehead atoms. The summed E-state index contributed by atoms with van der Waals surface area (Å²) in [5.74, 6) is 1.67. The van der Waals surface area contributed by atoms with Crippen molar-refractivity contribution in [2.45, 2.75) is 5.41 Å². The number of fused-ring (bicyclic) bond motifs is 5. The van der Waals surface area contributed by atoms with E-state index in [0.717, 1.165) is 145 Å². The normalized spacial score (nSPS) is 12.2. The smallest absolute Gasteiger partial charge is 0.143 e. The third-order valence-electron chi connectivity index (χ3n) is 18.4. The summed E-state index contributed by atoms with van der Waals surface area (Å²) in [5.41, 5.74) is 24.5. The van der Waals surface area contributed by atoms with Gasteiger partial charge in [-0.25, -0.2) is 0 Å². The zero-order valence-corrected chi connectivity index (χ0v) is 50.6. The van der Waals surface area contributed by atoms with Crippen LogP contribution in [0.15, 0.2) is 361 Å². The zero-order valence-electron chi connectivity index (χ0n) is 50.6. The van der Waals surface area contributed by atoms with Crippen LogP contribution in [0.5, 0.6) is 0 Å². The van der Waals surface area contributed by atoms with Crippen molar-refractivity contribution in [1.29, 1.82) is 0 Å². The van der Waals surface area contributed by atoms with Crippen molar-refractivity contribution in [3.63, 3.8) is 0 Å². The van der Waals surface area contributed by atoms with Gasteiger partial charge in [-0.05, 0) is 164 Å². The quantitative estimate of drug-likeness (QED) is 0.108. The van der Waals surface area contributed by atoms with E-state index in [9.17, 15) is 0 Å². The van der Waals surface area contributed by atoms with Crippen molar-refractivity contribution in [1.82, 2.24) is 9.97 Å². The Bertz CT molecular complexity index is 5000. The first-order chi connectivity index (χ1) is 46.1. The van der Waals surface area contributed by atoms with Gasteiger partial charge in [-0.2, -0.15) is 0 Å². The zero-order chi connectivity index (χ0) is 61.7. The third-order valence-corrected chi connectivity index (χ3v) is 18.4. The van der Waals surface area contributed by atoms with E-state index < -0.39 is 5.41 Å². The van der Waals surface area contributed by atoms with Gasteiger partial charge < -0.3 is 18.6 Å². The van der Waals surface area contributed by atoms with Crippen molar-refractivity contribution in [3.8, 4) is 78.3 Å². The van der Waals surface area contributed by atoms with E-state index in [1.165, 1.54) is 11.1 Å². The SMILES string of the molecule is c1ccc(-c2oc3cc(N(c4ccc(-c5ccncc5)cc4)c4ccc5c(c4)C(c4ccccc4)(c4ccccc4)c4cc(N(c6ccc(-c7ccncc7)cc6)c6ccc7c(-c8ccccc8)c(-c8ccccc8)oc7c6)ccc4-5)ccc3c2-c2ccccc2)cc1. The van der Waals surface area contributed by atoms with Crippen LogP contribution in [0.25, 0.3) is 100 Å². The Morgan fingerprint density at radius 3 is 0.914 bits per heavy atom. The van der Waals surface area contributed by atoms with Crippen LogP contribution in [0.4, 0.5) is 34.1 Å². The number of furan rings is 2. The highest BCUT2D eigenvalue weighted by molar-refractivity contribution is 6.05. The number of hydrogen-bond acceptors (Lipinski definition) is 6. The molecule has 0 aliphatic heterocycles. The second-order valence-corrected chi connectivity index (χ2v) is 23.6. The van der Waals surface area contributed by atoms with Gasteiger partial charge in [0.25, 0.3) is 0 Å². The van der Waals surface area contributed by atoms with Crippen molar-refractivity contribution in [2.24, 2.45) is 0 Å². The van der Waals surface area contributed by atoms with E-state index in [2.05, 4.69) is 335 Å². The maximum absolute atomic E-state index is 7.08. The summed E-state index contributed by atoms with van der Waals surface area (Å²) in [4.78, 5) is 13.4. The summed E-state index contributed by atoms with van der Waals surface area (Å²) in [6.07, 6.45) is 7.39.